The first-order valence-electron chi connectivity index (χ1n) is 7.44. The van der Waals surface area contributed by atoms with Gasteiger partial charge in [0.2, 0.25) is 0 Å². The van der Waals surface area contributed by atoms with Crippen LogP contribution in [0.5, 0.6) is 0 Å². The monoisotopic (exact) mass is 443 g/mol. The van der Waals surface area contributed by atoms with Crippen LogP contribution in [0.15, 0.2) is 52.1 Å². The van der Waals surface area contributed by atoms with Crippen molar-refractivity contribution in [3.63, 3.8) is 0 Å². The predicted octanol–water partition coefficient (Wildman–Crippen LogP) is 2.94. The maximum atomic E-state index is 11.4. The van der Waals surface area contributed by atoms with Crippen LogP contribution in [0.2, 0.25) is 0 Å². The Hall–Kier alpha value is -2.03. The van der Waals surface area contributed by atoms with E-state index in [0.717, 1.165) is 17.9 Å². The molecule has 0 aliphatic carbocycles. The molecule has 0 amide bonds. The van der Waals surface area contributed by atoms with Gasteiger partial charge >= 0.3 is 5.97 Å². The fourth-order valence-electron chi connectivity index (χ4n) is 1.96. The van der Waals surface area contributed by atoms with E-state index in [4.69, 9.17) is 4.42 Å². The molecule has 0 spiro atoms. The van der Waals surface area contributed by atoms with E-state index in [2.05, 4.69) is 20.4 Å². The van der Waals surface area contributed by atoms with Crippen molar-refractivity contribution < 1.29 is 13.9 Å². The molecule has 0 saturated heterocycles. The molecule has 1 heterocycles. The van der Waals surface area contributed by atoms with Gasteiger partial charge in [0.15, 0.2) is 5.96 Å². The van der Waals surface area contributed by atoms with Crippen molar-refractivity contribution >= 4 is 35.9 Å². The van der Waals surface area contributed by atoms with E-state index in [1.54, 1.807) is 18.4 Å². The largest absolute Gasteiger partial charge is 0.467 e. The van der Waals surface area contributed by atoms with Crippen LogP contribution in [0.4, 0.5) is 0 Å². The van der Waals surface area contributed by atoms with Crippen molar-refractivity contribution in [1.29, 1.82) is 0 Å². The van der Waals surface area contributed by atoms with Crippen LogP contribution in [0.1, 0.15) is 28.6 Å². The fourth-order valence-corrected chi connectivity index (χ4v) is 1.96. The average Bonchev–Trinajstić information content (AvgIpc) is 3.10. The molecule has 1 aromatic heterocycles. The van der Waals surface area contributed by atoms with Gasteiger partial charge in [0, 0.05) is 6.54 Å². The second-order valence-electron chi connectivity index (χ2n) is 4.82. The molecular weight excluding hydrogens is 421 g/mol. The molecule has 24 heavy (non-hydrogen) atoms. The Morgan fingerprint density at radius 3 is 2.54 bits per heavy atom. The highest BCUT2D eigenvalue weighted by Gasteiger charge is 2.04. The van der Waals surface area contributed by atoms with Gasteiger partial charge in [-0.05, 0) is 36.8 Å². The van der Waals surface area contributed by atoms with E-state index in [0.29, 0.717) is 24.6 Å². The number of rotatable bonds is 6. The molecule has 0 atom stereocenters. The molecule has 2 aromatic rings. The van der Waals surface area contributed by atoms with Crippen LogP contribution in [0, 0.1) is 0 Å². The van der Waals surface area contributed by atoms with Gasteiger partial charge in [-0.3, -0.25) is 0 Å². The molecule has 2 rings (SSSR count). The third-order valence-corrected chi connectivity index (χ3v) is 3.15. The molecule has 0 bridgehead atoms. The lowest BCUT2D eigenvalue weighted by Crippen LogP contribution is -2.36. The summed E-state index contributed by atoms with van der Waals surface area (Å²) in [5.41, 5.74) is 1.54. The van der Waals surface area contributed by atoms with Crippen molar-refractivity contribution in [1.82, 2.24) is 10.6 Å². The fraction of sp³-hybridized carbons (Fsp3) is 0.294. The molecule has 1 aromatic carbocycles. The Morgan fingerprint density at radius 1 is 1.21 bits per heavy atom. The summed E-state index contributed by atoms with van der Waals surface area (Å²) in [7, 11) is 1.37. The third-order valence-electron chi connectivity index (χ3n) is 3.15. The molecule has 0 unspecified atom stereocenters. The molecule has 0 aliphatic rings. The van der Waals surface area contributed by atoms with Gasteiger partial charge in [0.05, 0.1) is 32.0 Å². The Balaban J connectivity index is 0.00000288. The summed E-state index contributed by atoms with van der Waals surface area (Å²) in [6.07, 6.45) is 1.64. The second-order valence-corrected chi connectivity index (χ2v) is 4.82. The number of carbonyl (C=O) groups is 1. The van der Waals surface area contributed by atoms with E-state index < -0.39 is 0 Å². The molecule has 2 N–H and O–H groups in total. The standard InChI is InChI=1S/C17H21N3O3.HI/c1-3-18-17(20-12-15-5-4-10-23-15)19-11-13-6-8-14(9-7-13)16(21)22-2;/h4-10H,3,11-12H2,1-2H3,(H2,18,19,20);1H. The number of hydrogen-bond acceptors (Lipinski definition) is 4. The van der Waals surface area contributed by atoms with Crippen LogP contribution < -0.4 is 10.6 Å². The zero-order valence-corrected chi connectivity index (χ0v) is 16.1. The Bertz CT molecular complexity index is 640. The van der Waals surface area contributed by atoms with E-state index >= 15 is 0 Å². The molecule has 0 radical (unpaired) electrons. The number of esters is 1. The van der Waals surface area contributed by atoms with Gasteiger partial charge in [-0.2, -0.15) is 0 Å². The Kier molecular flexibility index (Phi) is 8.92. The highest BCUT2D eigenvalue weighted by atomic mass is 127. The van der Waals surface area contributed by atoms with Crippen molar-refractivity contribution in [3.8, 4) is 0 Å². The van der Waals surface area contributed by atoms with Gasteiger partial charge in [-0.25, -0.2) is 9.79 Å². The third kappa shape index (κ3) is 6.23. The van der Waals surface area contributed by atoms with Crippen LogP contribution in [-0.2, 0) is 17.8 Å². The minimum Gasteiger partial charge on any atom is -0.467 e. The summed E-state index contributed by atoms with van der Waals surface area (Å²) in [5, 5.41) is 6.38. The molecule has 0 saturated carbocycles. The zero-order chi connectivity index (χ0) is 16.5. The topological polar surface area (TPSA) is 75.9 Å². The SMILES string of the molecule is CCNC(=NCc1ccc(C(=O)OC)cc1)NCc1ccco1.I. The minimum atomic E-state index is -0.339. The minimum absolute atomic E-state index is 0. The Labute approximate surface area is 158 Å². The zero-order valence-electron chi connectivity index (χ0n) is 13.7. The van der Waals surface area contributed by atoms with Gasteiger partial charge in [0.25, 0.3) is 0 Å². The summed E-state index contributed by atoms with van der Waals surface area (Å²) in [5.74, 6) is 1.22. The summed E-state index contributed by atoms with van der Waals surface area (Å²) in [6.45, 7) is 3.86. The van der Waals surface area contributed by atoms with Gasteiger partial charge < -0.3 is 19.8 Å². The maximum Gasteiger partial charge on any atom is 0.337 e. The number of halogens is 1. The lowest BCUT2D eigenvalue weighted by Gasteiger charge is -2.10. The van der Waals surface area contributed by atoms with Crippen molar-refractivity contribution in [2.24, 2.45) is 4.99 Å². The average molecular weight is 443 g/mol. The lowest BCUT2D eigenvalue weighted by atomic mass is 10.1. The number of benzene rings is 1. The highest BCUT2D eigenvalue weighted by molar-refractivity contribution is 14.0. The first-order chi connectivity index (χ1) is 11.2. The lowest BCUT2D eigenvalue weighted by molar-refractivity contribution is 0.0600. The number of ether oxygens (including phenoxy) is 1. The van der Waals surface area contributed by atoms with Crippen molar-refractivity contribution in [2.45, 2.75) is 20.0 Å². The van der Waals surface area contributed by atoms with Crippen LogP contribution in [0.25, 0.3) is 0 Å². The first kappa shape index (κ1) is 20.0. The number of nitrogens with zero attached hydrogens (tertiary/aromatic N) is 1. The number of guanidine groups is 1. The number of nitrogens with one attached hydrogen (secondary N) is 2. The van der Waals surface area contributed by atoms with Crippen LogP contribution in [-0.4, -0.2) is 25.6 Å². The summed E-state index contributed by atoms with van der Waals surface area (Å²) < 4.78 is 9.96. The molecule has 130 valence electrons. The smallest absolute Gasteiger partial charge is 0.337 e. The van der Waals surface area contributed by atoms with E-state index in [9.17, 15) is 4.79 Å². The van der Waals surface area contributed by atoms with Gasteiger partial charge in [0.1, 0.15) is 5.76 Å². The quantitative estimate of drug-likeness (QED) is 0.311. The number of furan rings is 1. The second kappa shape index (κ2) is 10.7. The van der Waals surface area contributed by atoms with E-state index in [1.807, 2.05) is 31.2 Å². The van der Waals surface area contributed by atoms with Crippen LogP contribution >= 0.6 is 24.0 Å². The number of aliphatic imine (C=N–C) groups is 1. The van der Waals surface area contributed by atoms with Crippen LogP contribution in [0.3, 0.4) is 0 Å². The number of hydrogen-bond donors (Lipinski definition) is 2. The van der Waals surface area contributed by atoms with Gasteiger partial charge in [-0.15, -0.1) is 24.0 Å². The molecule has 0 fully saturated rings. The van der Waals surface area contributed by atoms with E-state index in [1.165, 1.54) is 7.11 Å². The van der Waals surface area contributed by atoms with Gasteiger partial charge in [-0.1, -0.05) is 12.1 Å². The van der Waals surface area contributed by atoms with Crippen molar-refractivity contribution in [2.75, 3.05) is 13.7 Å². The Morgan fingerprint density at radius 2 is 1.96 bits per heavy atom. The maximum absolute atomic E-state index is 11.4. The molecular formula is C17H22IN3O3. The first-order valence-corrected chi connectivity index (χ1v) is 7.44. The number of methoxy groups -OCH3 is 1. The summed E-state index contributed by atoms with van der Waals surface area (Å²) >= 11 is 0. The molecule has 6 nitrogen and oxygen atoms in total. The van der Waals surface area contributed by atoms with E-state index in [-0.39, 0.29) is 29.9 Å². The number of carbonyl (C=O) groups excluding carboxylic acids is 1. The summed E-state index contributed by atoms with van der Waals surface area (Å²) in [4.78, 5) is 15.9. The molecule has 7 heteroatoms. The predicted molar refractivity (Wildman–Crippen MR) is 104 cm³/mol. The summed E-state index contributed by atoms with van der Waals surface area (Å²) in [6, 6.07) is 11.0. The normalized spacial score (nSPS) is 10.7. The highest BCUT2D eigenvalue weighted by Crippen LogP contribution is 2.07. The molecule has 0 aliphatic heterocycles. The van der Waals surface area contributed by atoms with Crippen molar-refractivity contribution in [3.05, 3.63) is 59.5 Å².